The second-order valence-electron chi connectivity index (χ2n) is 17.3. The Labute approximate surface area is 281 Å². The van der Waals surface area contributed by atoms with Crippen molar-refractivity contribution < 1.29 is 14.7 Å². The molecular formula is C40H56N4O3. The van der Waals surface area contributed by atoms with Crippen LogP contribution in [0.5, 0.6) is 0 Å². The van der Waals surface area contributed by atoms with Crippen molar-refractivity contribution in [3.05, 3.63) is 60.2 Å². The number of carboxylic acid groups (broad SMARTS) is 1. The molecule has 2 amide bonds. The van der Waals surface area contributed by atoms with Crippen LogP contribution in [-0.4, -0.2) is 38.7 Å². The average molecular weight is 641 g/mol. The quantitative estimate of drug-likeness (QED) is 0.264. The minimum absolute atomic E-state index is 0.0139. The zero-order valence-corrected chi connectivity index (χ0v) is 29.3. The number of aryl methyl sites for hydroxylation is 1. The van der Waals surface area contributed by atoms with Crippen molar-refractivity contribution in [3.8, 4) is 0 Å². The summed E-state index contributed by atoms with van der Waals surface area (Å²) in [6.07, 6.45) is 21.0. The van der Waals surface area contributed by atoms with Crippen LogP contribution in [0.15, 0.2) is 49.1 Å². The Morgan fingerprint density at radius 2 is 1.70 bits per heavy atom. The minimum Gasteiger partial charge on any atom is -0.478 e. The van der Waals surface area contributed by atoms with Gasteiger partial charge in [0.2, 0.25) is 0 Å². The Hall–Kier alpha value is -3.09. The Balaban J connectivity index is 1.09. The lowest BCUT2D eigenvalue weighted by atomic mass is 9.33. The van der Waals surface area contributed by atoms with Crippen molar-refractivity contribution in [1.82, 2.24) is 20.2 Å². The van der Waals surface area contributed by atoms with Crippen LogP contribution in [0, 0.1) is 45.3 Å². The van der Waals surface area contributed by atoms with Gasteiger partial charge >= 0.3 is 12.0 Å². The van der Waals surface area contributed by atoms with Gasteiger partial charge in [-0.2, -0.15) is 0 Å². The zero-order valence-electron chi connectivity index (χ0n) is 29.3. The molecule has 1 aromatic carbocycles. The molecule has 4 saturated carbocycles. The summed E-state index contributed by atoms with van der Waals surface area (Å²) in [5, 5.41) is 16.2. The van der Waals surface area contributed by atoms with E-state index >= 15 is 0 Å². The molecule has 3 N–H and O–H groups in total. The number of hydrogen-bond donors (Lipinski definition) is 3. The van der Waals surface area contributed by atoms with Gasteiger partial charge in [0, 0.05) is 31.0 Å². The predicted octanol–water partition coefficient (Wildman–Crippen LogP) is 8.57. The topological polar surface area (TPSA) is 96.3 Å². The highest BCUT2D eigenvalue weighted by Crippen LogP contribution is 2.76. The van der Waals surface area contributed by atoms with E-state index < -0.39 is 5.97 Å². The van der Waals surface area contributed by atoms with Gasteiger partial charge in [-0.1, -0.05) is 59.2 Å². The maximum Gasteiger partial charge on any atom is 0.335 e. The summed E-state index contributed by atoms with van der Waals surface area (Å²) in [7, 11) is 0. The standard InChI is InChI=1S/C40H56N4O3/c1-36(2)29(27-9-11-28(12-10-27)34(45)46)15-18-37(3)32(36)16-19-39(5)33(37)14-13-30-31-8-6-17-40(31,21-20-38(30,39)4)43-35(47)42-22-7-24-44-25-23-41-26-44/h9-12,15,23,25-26,30-33H,6-8,13-14,16-22,24H2,1-5H3,(H,45,46)(H2,42,43,47)/t30?,31?,32?,33?,37?,38-,39?,40?/m1/s1. The van der Waals surface area contributed by atoms with Gasteiger partial charge in [0.1, 0.15) is 0 Å². The highest BCUT2D eigenvalue weighted by molar-refractivity contribution is 5.88. The van der Waals surface area contributed by atoms with Gasteiger partial charge in [0.25, 0.3) is 0 Å². The molecule has 0 radical (unpaired) electrons. The number of allylic oxidation sites excluding steroid dienone is 2. The molecule has 7 heteroatoms. The van der Waals surface area contributed by atoms with E-state index in [1.54, 1.807) is 18.3 Å². The van der Waals surface area contributed by atoms with Crippen LogP contribution in [-0.2, 0) is 6.54 Å². The van der Waals surface area contributed by atoms with Gasteiger partial charge in [-0.25, -0.2) is 14.6 Å². The summed E-state index contributed by atoms with van der Waals surface area (Å²) in [5.74, 6) is 1.59. The highest BCUT2D eigenvalue weighted by atomic mass is 16.4. The number of benzene rings is 1. The molecule has 7 rings (SSSR count). The van der Waals surface area contributed by atoms with E-state index in [1.807, 2.05) is 24.7 Å². The number of nitrogens with one attached hydrogen (secondary N) is 2. The Morgan fingerprint density at radius 3 is 2.43 bits per heavy atom. The third-order valence-electron chi connectivity index (χ3n) is 15.2. The van der Waals surface area contributed by atoms with Crippen LogP contribution < -0.4 is 10.6 Å². The number of rotatable bonds is 7. The van der Waals surface area contributed by atoms with Crippen molar-refractivity contribution >= 4 is 17.6 Å². The normalized spacial score (nSPS) is 38.6. The summed E-state index contributed by atoms with van der Waals surface area (Å²) >= 11 is 0. The number of carboxylic acids is 1. The molecular weight excluding hydrogens is 584 g/mol. The third-order valence-corrected chi connectivity index (χ3v) is 15.2. The first-order chi connectivity index (χ1) is 22.3. The van der Waals surface area contributed by atoms with E-state index in [9.17, 15) is 14.7 Å². The van der Waals surface area contributed by atoms with Gasteiger partial charge in [0.15, 0.2) is 0 Å². The van der Waals surface area contributed by atoms with Gasteiger partial charge in [-0.3, -0.25) is 0 Å². The number of urea groups is 1. The molecule has 7 unspecified atom stereocenters. The van der Waals surface area contributed by atoms with E-state index in [4.69, 9.17) is 0 Å². The van der Waals surface area contributed by atoms with Crippen LogP contribution in [0.1, 0.15) is 121 Å². The molecule has 7 nitrogen and oxygen atoms in total. The summed E-state index contributed by atoms with van der Waals surface area (Å²) in [6, 6.07) is 7.57. The Bertz CT molecular complexity index is 1530. The molecule has 8 atom stereocenters. The molecule has 1 heterocycles. The Morgan fingerprint density at radius 1 is 0.915 bits per heavy atom. The number of imidazole rings is 1. The number of carbonyl (C=O) groups excluding carboxylic acids is 1. The first-order valence-electron chi connectivity index (χ1n) is 18.4. The number of carbonyl (C=O) groups is 2. The number of hydrogen-bond acceptors (Lipinski definition) is 3. The molecule has 2 aromatic rings. The second-order valence-corrected chi connectivity index (χ2v) is 17.3. The molecule has 254 valence electrons. The van der Waals surface area contributed by atoms with Crippen LogP contribution in [0.25, 0.3) is 5.57 Å². The first-order valence-corrected chi connectivity index (χ1v) is 18.4. The minimum atomic E-state index is -0.870. The largest absolute Gasteiger partial charge is 0.478 e. The fraction of sp³-hybridized carbons (Fsp3) is 0.675. The summed E-state index contributed by atoms with van der Waals surface area (Å²) in [4.78, 5) is 28.9. The van der Waals surface area contributed by atoms with Crippen molar-refractivity contribution in [1.29, 1.82) is 0 Å². The fourth-order valence-corrected chi connectivity index (χ4v) is 12.8. The van der Waals surface area contributed by atoms with Gasteiger partial charge in [0.05, 0.1) is 11.9 Å². The third kappa shape index (κ3) is 4.99. The molecule has 4 fully saturated rings. The van der Waals surface area contributed by atoms with E-state index in [1.165, 1.54) is 56.1 Å². The maximum absolute atomic E-state index is 13.3. The number of amides is 2. The smallest absolute Gasteiger partial charge is 0.335 e. The lowest BCUT2D eigenvalue weighted by molar-refractivity contribution is -0.216. The SMILES string of the molecule is CC1(C)C(c2ccc(C(=O)O)cc2)=CCC2(C)C1CCC1(C)C2CCC2C3CCCC3(NC(=O)NCCCn3ccnc3)CC[C@]21C. The van der Waals surface area contributed by atoms with Crippen molar-refractivity contribution in [3.63, 3.8) is 0 Å². The number of aromatic carboxylic acids is 1. The molecule has 0 bridgehead atoms. The molecule has 0 saturated heterocycles. The molecule has 5 aliphatic carbocycles. The maximum atomic E-state index is 13.3. The lowest BCUT2D eigenvalue weighted by Gasteiger charge is -2.72. The molecule has 1 aromatic heterocycles. The fourth-order valence-electron chi connectivity index (χ4n) is 12.8. The van der Waals surface area contributed by atoms with Crippen molar-refractivity contribution in [2.75, 3.05) is 6.54 Å². The summed E-state index contributed by atoms with van der Waals surface area (Å²) in [6.45, 7) is 14.4. The van der Waals surface area contributed by atoms with E-state index in [2.05, 4.69) is 60.9 Å². The van der Waals surface area contributed by atoms with E-state index in [0.29, 0.717) is 35.8 Å². The molecule has 0 aliphatic heterocycles. The highest BCUT2D eigenvalue weighted by Gasteiger charge is 2.69. The average Bonchev–Trinajstić information content (AvgIpc) is 3.70. The number of aromatic nitrogens is 2. The van der Waals surface area contributed by atoms with Gasteiger partial charge in [-0.15, -0.1) is 0 Å². The van der Waals surface area contributed by atoms with E-state index in [0.717, 1.165) is 32.2 Å². The number of nitrogens with zero attached hydrogens (tertiary/aromatic N) is 2. The summed E-state index contributed by atoms with van der Waals surface area (Å²) < 4.78 is 2.06. The summed E-state index contributed by atoms with van der Waals surface area (Å²) in [5.41, 5.74) is 3.63. The molecule has 0 spiro atoms. The Kier molecular flexibility index (Phi) is 7.95. The second kappa shape index (κ2) is 11.5. The predicted molar refractivity (Wildman–Crippen MR) is 186 cm³/mol. The molecule has 5 aliphatic rings. The zero-order chi connectivity index (χ0) is 33.2. The monoisotopic (exact) mass is 640 g/mol. The van der Waals surface area contributed by atoms with Crippen molar-refractivity contribution in [2.24, 2.45) is 45.3 Å². The molecule has 47 heavy (non-hydrogen) atoms. The first kappa shape index (κ1) is 32.5. The van der Waals surface area contributed by atoms with Crippen molar-refractivity contribution in [2.45, 2.75) is 117 Å². The van der Waals surface area contributed by atoms with E-state index in [-0.39, 0.29) is 33.2 Å². The van der Waals surface area contributed by atoms with Crippen LogP contribution >= 0.6 is 0 Å². The number of fused-ring (bicyclic) bond motifs is 7. The lowest BCUT2D eigenvalue weighted by Crippen LogP contribution is -2.68. The van der Waals surface area contributed by atoms with Gasteiger partial charge in [-0.05, 0) is 133 Å². The van der Waals surface area contributed by atoms with Crippen LogP contribution in [0.4, 0.5) is 4.79 Å². The van der Waals surface area contributed by atoms with Gasteiger partial charge < -0.3 is 20.3 Å². The van der Waals surface area contributed by atoms with Crippen LogP contribution in [0.2, 0.25) is 0 Å². The van der Waals surface area contributed by atoms with Crippen LogP contribution in [0.3, 0.4) is 0 Å².